The van der Waals surface area contributed by atoms with E-state index in [-0.39, 0.29) is 0 Å². The molecule has 0 heterocycles. The summed E-state index contributed by atoms with van der Waals surface area (Å²) in [6.45, 7) is 0. The maximum absolute atomic E-state index is 3.72. The van der Waals surface area contributed by atoms with E-state index in [0.29, 0.717) is 5.92 Å². The van der Waals surface area contributed by atoms with Gasteiger partial charge in [-0.25, -0.2) is 0 Å². The zero-order valence-electron chi connectivity index (χ0n) is 13.7. The first kappa shape index (κ1) is 13.2. The molecule has 1 radical (unpaired) electrons. The van der Waals surface area contributed by atoms with Gasteiger partial charge in [0, 0.05) is 5.92 Å². The summed E-state index contributed by atoms with van der Waals surface area (Å²) >= 11 is 0. The van der Waals surface area contributed by atoms with Crippen molar-refractivity contribution in [3.8, 4) is 0 Å². The van der Waals surface area contributed by atoms with E-state index in [9.17, 15) is 0 Å². The van der Waals surface area contributed by atoms with Gasteiger partial charge in [0.2, 0.25) is 0 Å². The fourth-order valence-corrected chi connectivity index (χ4v) is 4.38. The summed E-state index contributed by atoms with van der Waals surface area (Å²) in [5, 5.41) is 7.85. The maximum atomic E-state index is 3.72. The number of rotatable bonds is 1. The molecule has 0 bridgehead atoms. The maximum Gasteiger partial charge on any atom is 0.0285 e. The van der Waals surface area contributed by atoms with Crippen LogP contribution in [0.3, 0.4) is 0 Å². The van der Waals surface area contributed by atoms with Gasteiger partial charge in [0.1, 0.15) is 0 Å². The second-order valence-corrected chi connectivity index (χ2v) is 6.91. The van der Waals surface area contributed by atoms with Crippen LogP contribution in [0.2, 0.25) is 0 Å². The largest absolute Gasteiger partial charge is 0.0720 e. The molecule has 5 aromatic rings. The minimum atomic E-state index is 0.304. The minimum Gasteiger partial charge on any atom is -0.0720 e. The Bertz CT molecular complexity index is 1230. The van der Waals surface area contributed by atoms with E-state index in [2.05, 4.69) is 91.0 Å². The Morgan fingerprint density at radius 2 is 1.48 bits per heavy atom. The quantitative estimate of drug-likeness (QED) is 0.308. The summed E-state index contributed by atoms with van der Waals surface area (Å²) in [5.41, 5.74) is 3.96. The van der Waals surface area contributed by atoms with Crippen LogP contribution in [0.4, 0.5) is 0 Å². The Kier molecular flexibility index (Phi) is 2.48. The van der Waals surface area contributed by atoms with Gasteiger partial charge in [-0.15, -0.1) is 0 Å². The van der Waals surface area contributed by atoms with Crippen molar-refractivity contribution in [1.82, 2.24) is 0 Å². The molecule has 1 aliphatic rings. The number of allylic oxidation sites excluding steroid dienone is 1. The van der Waals surface area contributed by atoms with E-state index in [1.165, 1.54) is 49.0 Å². The van der Waals surface area contributed by atoms with E-state index in [4.69, 9.17) is 0 Å². The van der Waals surface area contributed by atoms with Gasteiger partial charge in [-0.1, -0.05) is 78.9 Å². The van der Waals surface area contributed by atoms with Gasteiger partial charge >= 0.3 is 0 Å². The van der Waals surface area contributed by atoms with Gasteiger partial charge in [0.15, 0.2) is 0 Å². The molecule has 6 rings (SSSR count). The molecule has 115 valence electrons. The van der Waals surface area contributed by atoms with Gasteiger partial charge in [-0.05, 0) is 61.1 Å². The number of fused-ring (bicyclic) bond motifs is 1. The molecular formula is C25H15. The van der Waals surface area contributed by atoms with E-state index in [1.54, 1.807) is 0 Å². The Labute approximate surface area is 146 Å². The predicted octanol–water partition coefficient (Wildman–Crippen LogP) is 6.54. The van der Waals surface area contributed by atoms with Crippen LogP contribution >= 0.6 is 0 Å². The normalized spacial score (nSPS) is 16.2. The van der Waals surface area contributed by atoms with Crippen molar-refractivity contribution in [3.63, 3.8) is 0 Å². The first-order valence-electron chi connectivity index (χ1n) is 8.75. The van der Waals surface area contributed by atoms with Crippen molar-refractivity contribution in [2.24, 2.45) is 0 Å². The van der Waals surface area contributed by atoms with Crippen molar-refractivity contribution in [2.45, 2.75) is 5.92 Å². The SMILES string of the molecule is [c]1c(C2C=Cc3ccccc32)cc2ccc3cccc4ccc1c2c43. The number of benzene rings is 5. The zero-order valence-corrected chi connectivity index (χ0v) is 13.7. The number of hydrogen-bond acceptors (Lipinski definition) is 0. The lowest BCUT2D eigenvalue weighted by Crippen LogP contribution is -1.97. The molecule has 25 heavy (non-hydrogen) atoms. The lowest BCUT2D eigenvalue weighted by molar-refractivity contribution is 1.05. The Hall–Kier alpha value is -3.12. The predicted molar refractivity (Wildman–Crippen MR) is 106 cm³/mol. The van der Waals surface area contributed by atoms with Gasteiger partial charge in [-0.3, -0.25) is 0 Å². The first-order chi connectivity index (χ1) is 12.4. The molecule has 0 N–H and O–H groups in total. The average Bonchev–Trinajstić information content (AvgIpc) is 3.10. The topological polar surface area (TPSA) is 0 Å². The molecule has 0 saturated carbocycles. The summed E-state index contributed by atoms with van der Waals surface area (Å²) in [5.74, 6) is 0.304. The summed E-state index contributed by atoms with van der Waals surface area (Å²) in [6, 6.07) is 30.2. The first-order valence-corrected chi connectivity index (χ1v) is 8.75. The third-order valence-corrected chi connectivity index (χ3v) is 5.53. The molecule has 0 nitrogen and oxygen atoms in total. The molecule has 0 spiro atoms. The molecular weight excluding hydrogens is 300 g/mol. The number of hydrogen-bond donors (Lipinski definition) is 0. The second-order valence-electron chi connectivity index (χ2n) is 6.91. The molecule has 1 unspecified atom stereocenters. The van der Waals surface area contributed by atoms with E-state index in [1.807, 2.05) is 0 Å². The molecule has 0 aliphatic heterocycles. The summed E-state index contributed by atoms with van der Waals surface area (Å²) in [4.78, 5) is 0. The highest BCUT2D eigenvalue weighted by Crippen LogP contribution is 2.40. The third-order valence-electron chi connectivity index (χ3n) is 5.53. The van der Waals surface area contributed by atoms with Crippen LogP contribution in [-0.2, 0) is 0 Å². The van der Waals surface area contributed by atoms with Crippen LogP contribution in [0.5, 0.6) is 0 Å². The lowest BCUT2D eigenvalue weighted by Gasteiger charge is -2.16. The Morgan fingerprint density at radius 1 is 0.680 bits per heavy atom. The highest BCUT2D eigenvalue weighted by molar-refractivity contribution is 6.23. The van der Waals surface area contributed by atoms with Crippen LogP contribution in [-0.4, -0.2) is 0 Å². The van der Waals surface area contributed by atoms with E-state index >= 15 is 0 Å². The van der Waals surface area contributed by atoms with Crippen LogP contribution in [0.15, 0.2) is 78.9 Å². The molecule has 0 fully saturated rings. The standard InChI is InChI=1S/C25H15/c1-2-7-22-16(4-1)12-13-23(22)21-14-19-10-8-17-5-3-6-18-9-11-20(15-21)25(19)24(17)18/h1-14,23H. The highest BCUT2D eigenvalue weighted by atomic mass is 14.2. The van der Waals surface area contributed by atoms with Gasteiger partial charge in [0.25, 0.3) is 0 Å². The fourth-order valence-electron chi connectivity index (χ4n) is 4.38. The minimum absolute atomic E-state index is 0.304. The van der Waals surface area contributed by atoms with Crippen molar-refractivity contribution >= 4 is 38.4 Å². The lowest BCUT2D eigenvalue weighted by atomic mass is 9.87. The molecule has 0 heteroatoms. The van der Waals surface area contributed by atoms with E-state index < -0.39 is 0 Å². The monoisotopic (exact) mass is 315 g/mol. The molecule has 0 saturated heterocycles. The smallest absolute Gasteiger partial charge is 0.0285 e. The zero-order chi connectivity index (χ0) is 16.4. The summed E-state index contributed by atoms with van der Waals surface area (Å²) in [7, 11) is 0. The highest BCUT2D eigenvalue weighted by Gasteiger charge is 2.20. The summed E-state index contributed by atoms with van der Waals surface area (Å²) < 4.78 is 0. The molecule has 1 atom stereocenters. The van der Waals surface area contributed by atoms with Crippen molar-refractivity contribution in [1.29, 1.82) is 0 Å². The van der Waals surface area contributed by atoms with Crippen molar-refractivity contribution in [3.05, 3.63) is 102 Å². The van der Waals surface area contributed by atoms with Crippen LogP contribution < -0.4 is 0 Å². The van der Waals surface area contributed by atoms with Crippen LogP contribution in [0.25, 0.3) is 38.4 Å². The second kappa shape index (κ2) is 4.70. The fraction of sp³-hybridized carbons (Fsp3) is 0.0400. The molecule has 1 aliphatic carbocycles. The molecule has 0 aromatic heterocycles. The van der Waals surface area contributed by atoms with Crippen molar-refractivity contribution in [2.75, 3.05) is 0 Å². The Morgan fingerprint density at radius 3 is 2.40 bits per heavy atom. The molecule has 0 amide bonds. The van der Waals surface area contributed by atoms with E-state index in [0.717, 1.165) is 0 Å². The van der Waals surface area contributed by atoms with Crippen LogP contribution in [0.1, 0.15) is 22.6 Å². The van der Waals surface area contributed by atoms with Gasteiger partial charge in [-0.2, -0.15) is 0 Å². The summed E-state index contributed by atoms with van der Waals surface area (Å²) in [6.07, 6.45) is 4.53. The average molecular weight is 315 g/mol. The van der Waals surface area contributed by atoms with Crippen molar-refractivity contribution < 1.29 is 0 Å². The van der Waals surface area contributed by atoms with Crippen LogP contribution in [0, 0.1) is 6.07 Å². The Balaban J connectivity index is 1.67. The van der Waals surface area contributed by atoms with Gasteiger partial charge in [0.05, 0.1) is 0 Å². The third kappa shape index (κ3) is 1.77. The van der Waals surface area contributed by atoms with Gasteiger partial charge < -0.3 is 0 Å². The molecule has 5 aromatic carbocycles.